The molecule has 1 aliphatic heterocycles. The fourth-order valence-corrected chi connectivity index (χ4v) is 6.93. The molecule has 0 saturated carbocycles. The van der Waals surface area contributed by atoms with Gasteiger partial charge in [-0.05, 0) is 62.6 Å². The average molecular weight is 510 g/mol. The highest BCUT2D eigenvalue weighted by Gasteiger charge is 2.35. The Kier molecular flexibility index (Phi) is 6.48. The third-order valence-electron chi connectivity index (χ3n) is 6.46. The van der Waals surface area contributed by atoms with Crippen molar-refractivity contribution < 1.29 is 17.6 Å². The summed E-state index contributed by atoms with van der Waals surface area (Å²) in [7, 11) is -3.58. The molecule has 2 aromatic heterocycles. The number of aryl methyl sites for hydroxylation is 2. The first-order chi connectivity index (χ1) is 16.8. The molecule has 3 heterocycles. The highest BCUT2D eigenvalue weighted by atomic mass is 32.2. The van der Waals surface area contributed by atoms with E-state index in [1.54, 1.807) is 41.5 Å². The standard InChI is InChI=1S/C26H27N3O4S2/c1-18-8-10-22(11-9-18)35(31,32)28-14-12-20(13-15-28)25(30)29(17-21-6-4-16-33-21)26-27-24-19(2)5-3-7-23(24)34-26/h3-11,16,20H,12-15,17H2,1-2H3. The van der Waals surface area contributed by atoms with Crippen LogP contribution < -0.4 is 4.90 Å². The summed E-state index contributed by atoms with van der Waals surface area (Å²) >= 11 is 1.48. The van der Waals surface area contributed by atoms with Crippen LogP contribution in [0.4, 0.5) is 5.13 Å². The molecule has 1 amide bonds. The van der Waals surface area contributed by atoms with Gasteiger partial charge in [-0.2, -0.15) is 4.31 Å². The molecule has 35 heavy (non-hydrogen) atoms. The molecule has 0 unspecified atom stereocenters. The number of para-hydroxylation sites is 1. The maximum Gasteiger partial charge on any atom is 0.243 e. The molecule has 0 aliphatic carbocycles. The molecule has 1 fully saturated rings. The van der Waals surface area contributed by atoms with E-state index in [0.717, 1.165) is 21.3 Å². The summed E-state index contributed by atoms with van der Waals surface area (Å²) in [5, 5.41) is 0.630. The van der Waals surface area contributed by atoms with Gasteiger partial charge in [-0.1, -0.05) is 41.2 Å². The van der Waals surface area contributed by atoms with Crippen molar-refractivity contribution in [3.63, 3.8) is 0 Å². The number of thiazole rings is 1. The normalized spacial score (nSPS) is 15.5. The van der Waals surface area contributed by atoms with Gasteiger partial charge in [0.05, 0.1) is 27.9 Å². The number of anilines is 1. The van der Waals surface area contributed by atoms with Gasteiger partial charge in [0.15, 0.2) is 5.13 Å². The van der Waals surface area contributed by atoms with Crippen molar-refractivity contribution in [1.29, 1.82) is 0 Å². The average Bonchev–Trinajstić information content (AvgIpc) is 3.53. The molecule has 0 atom stereocenters. The summed E-state index contributed by atoms with van der Waals surface area (Å²) in [5.74, 6) is 0.335. The largest absolute Gasteiger partial charge is 0.467 e. The number of hydrogen-bond donors (Lipinski definition) is 0. The monoisotopic (exact) mass is 509 g/mol. The number of nitrogens with zero attached hydrogens (tertiary/aromatic N) is 3. The number of carbonyl (C=O) groups is 1. The number of aromatic nitrogens is 1. The maximum atomic E-state index is 13.7. The Hall–Kier alpha value is -3.01. The van der Waals surface area contributed by atoms with E-state index in [1.807, 2.05) is 38.1 Å². The van der Waals surface area contributed by atoms with Gasteiger partial charge < -0.3 is 4.42 Å². The zero-order chi connectivity index (χ0) is 24.6. The Morgan fingerprint density at radius 1 is 1.09 bits per heavy atom. The van der Waals surface area contributed by atoms with Crippen LogP contribution in [-0.4, -0.2) is 36.7 Å². The van der Waals surface area contributed by atoms with Crippen LogP contribution >= 0.6 is 11.3 Å². The van der Waals surface area contributed by atoms with Crippen LogP contribution in [0.1, 0.15) is 29.7 Å². The van der Waals surface area contributed by atoms with Gasteiger partial charge in [0.25, 0.3) is 0 Å². The Morgan fingerprint density at radius 2 is 1.83 bits per heavy atom. The van der Waals surface area contributed by atoms with E-state index in [9.17, 15) is 13.2 Å². The Bertz CT molecular complexity index is 1440. The molecule has 7 nitrogen and oxygen atoms in total. The highest BCUT2D eigenvalue weighted by Crippen LogP contribution is 2.34. The lowest BCUT2D eigenvalue weighted by molar-refractivity contribution is -0.123. The molecule has 1 aliphatic rings. The van der Waals surface area contributed by atoms with E-state index in [0.29, 0.717) is 36.8 Å². The van der Waals surface area contributed by atoms with Gasteiger partial charge >= 0.3 is 0 Å². The number of sulfonamides is 1. The lowest BCUT2D eigenvalue weighted by atomic mass is 9.96. The summed E-state index contributed by atoms with van der Waals surface area (Å²) in [4.78, 5) is 20.5. The summed E-state index contributed by atoms with van der Waals surface area (Å²) in [5.41, 5.74) is 2.96. The molecule has 5 rings (SSSR count). The molecule has 0 spiro atoms. The number of piperidine rings is 1. The number of fused-ring (bicyclic) bond motifs is 1. The summed E-state index contributed by atoms with van der Waals surface area (Å²) in [6, 6.07) is 16.5. The summed E-state index contributed by atoms with van der Waals surface area (Å²) in [6.45, 7) is 4.83. The minimum Gasteiger partial charge on any atom is -0.467 e. The SMILES string of the molecule is Cc1ccc(S(=O)(=O)N2CCC(C(=O)N(Cc3ccco3)c3nc4c(C)cccc4s3)CC2)cc1. The summed E-state index contributed by atoms with van der Waals surface area (Å²) < 4.78 is 34.2. The first-order valence-electron chi connectivity index (χ1n) is 11.6. The predicted molar refractivity (Wildman–Crippen MR) is 137 cm³/mol. The van der Waals surface area contributed by atoms with E-state index in [1.165, 1.54) is 15.6 Å². The van der Waals surface area contributed by atoms with E-state index < -0.39 is 10.0 Å². The lowest BCUT2D eigenvalue weighted by Gasteiger charge is -2.32. The lowest BCUT2D eigenvalue weighted by Crippen LogP contribution is -2.44. The first kappa shape index (κ1) is 23.7. The van der Waals surface area contributed by atoms with Crippen LogP contribution in [0, 0.1) is 19.8 Å². The molecule has 0 N–H and O–H groups in total. The quantitative estimate of drug-likeness (QED) is 0.359. The van der Waals surface area contributed by atoms with Crippen molar-refractivity contribution in [2.45, 2.75) is 38.1 Å². The number of benzene rings is 2. The molecule has 4 aromatic rings. The van der Waals surface area contributed by atoms with Crippen LogP contribution in [-0.2, 0) is 21.4 Å². The van der Waals surface area contributed by atoms with Crippen LogP contribution in [0.2, 0.25) is 0 Å². The number of carbonyl (C=O) groups excluding carboxylic acids is 1. The second-order valence-electron chi connectivity index (χ2n) is 8.91. The maximum absolute atomic E-state index is 13.7. The van der Waals surface area contributed by atoms with Gasteiger partial charge in [-0.3, -0.25) is 9.69 Å². The van der Waals surface area contributed by atoms with Crippen LogP contribution in [0.15, 0.2) is 70.2 Å². The van der Waals surface area contributed by atoms with Crippen LogP contribution in [0.5, 0.6) is 0 Å². The molecule has 0 radical (unpaired) electrons. The van der Waals surface area contributed by atoms with Crippen LogP contribution in [0.25, 0.3) is 10.2 Å². The van der Waals surface area contributed by atoms with E-state index >= 15 is 0 Å². The number of amides is 1. The molecular formula is C26H27N3O4S2. The Labute approximate surface area is 209 Å². The minimum atomic E-state index is -3.58. The fourth-order valence-electron chi connectivity index (χ4n) is 4.41. The fraction of sp³-hybridized carbons (Fsp3) is 0.308. The van der Waals surface area contributed by atoms with E-state index in [2.05, 4.69) is 0 Å². The van der Waals surface area contributed by atoms with Crippen molar-refractivity contribution in [3.8, 4) is 0 Å². The second kappa shape index (κ2) is 9.56. The molecule has 9 heteroatoms. The molecule has 0 bridgehead atoms. The van der Waals surface area contributed by atoms with E-state index in [-0.39, 0.29) is 23.3 Å². The van der Waals surface area contributed by atoms with Crippen molar-refractivity contribution in [1.82, 2.24) is 9.29 Å². The third kappa shape index (κ3) is 4.76. The number of hydrogen-bond acceptors (Lipinski definition) is 6. The Balaban J connectivity index is 1.36. The molecule has 182 valence electrons. The number of rotatable bonds is 6. The first-order valence-corrected chi connectivity index (χ1v) is 13.9. The van der Waals surface area contributed by atoms with Crippen molar-refractivity contribution in [2.75, 3.05) is 18.0 Å². The van der Waals surface area contributed by atoms with Crippen molar-refractivity contribution in [2.24, 2.45) is 5.92 Å². The molecule has 1 saturated heterocycles. The zero-order valence-corrected chi connectivity index (χ0v) is 21.3. The zero-order valence-electron chi connectivity index (χ0n) is 19.7. The third-order valence-corrected chi connectivity index (χ3v) is 9.42. The topological polar surface area (TPSA) is 83.7 Å². The predicted octanol–water partition coefficient (Wildman–Crippen LogP) is 5.14. The van der Waals surface area contributed by atoms with Crippen molar-refractivity contribution >= 4 is 42.6 Å². The molecular weight excluding hydrogens is 482 g/mol. The Morgan fingerprint density at radius 3 is 2.49 bits per heavy atom. The highest BCUT2D eigenvalue weighted by molar-refractivity contribution is 7.89. The van der Waals surface area contributed by atoms with Gasteiger partial charge in [0.2, 0.25) is 15.9 Å². The smallest absolute Gasteiger partial charge is 0.243 e. The van der Waals surface area contributed by atoms with Gasteiger partial charge in [0, 0.05) is 19.0 Å². The minimum absolute atomic E-state index is 0.0505. The second-order valence-corrected chi connectivity index (χ2v) is 11.9. The molecule has 2 aromatic carbocycles. The van der Waals surface area contributed by atoms with Crippen molar-refractivity contribution in [3.05, 3.63) is 77.7 Å². The number of furan rings is 1. The summed E-state index contributed by atoms with van der Waals surface area (Å²) in [6.07, 6.45) is 2.51. The van der Waals surface area contributed by atoms with Gasteiger partial charge in [-0.25, -0.2) is 13.4 Å². The van der Waals surface area contributed by atoms with E-state index in [4.69, 9.17) is 9.40 Å². The van der Waals surface area contributed by atoms with Gasteiger partial charge in [0.1, 0.15) is 5.76 Å². The van der Waals surface area contributed by atoms with Gasteiger partial charge in [-0.15, -0.1) is 0 Å². The van der Waals surface area contributed by atoms with Crippen LogP contribution in [0.3, 0.4) is 0 Å².